The van der Waals surface area contributed by atoms with Gasteiger partial charge in [0, 0.05) is 5.56 Å². The molecule has 0 unspecified atom stereocenters. The van der Waals surface area contributed by atoms with Crippen molar-refractivity contribution in [2.45, 2.75) is 18.4 Å². The molecule has 2 amide bonds. The minimum atomic E-state index is -4.18. The lowest BCUT2D eigenvalue weighted by Gasteiger charge is -2.36. The maximum Gasteiger partial charge on any atom is 0.343 e. The summed E-state index contributed by atoms with van der Waals surface area (Å²) in [5.41, 5.74) is 0.848. The van der Waals surface area contributed by atoms with E-state index in [1.807, 2.05) is 0 Å². The second kappa shape index (κ2) is 6.97. The number of fused-ring (bicyclic) bond motifs is 1. The molecular weight excluding hydrogens is 398 g/mol. The monoisotopic (exact) mass is 414 g/mol. The second-order valence-corrected chi connectivity index (χ2v) is 8.38. The molecule has 1 heterocycles. The number of benzene rings is 3. The molecule has 8 heteroatoms. The fraction of sp³-hybridized carbons (Fsp3) is 0.0952. The Hall–Kier alpha value is -3.26. The Morgan fingerprint density at radius 3 is 2.28 bits per heavy atom. The molecule has 3 aromatic carbocycles. The van der Waals surface area contributed by atoms with E-state index in [1.165, 1.54) is 18.2 Å². The quantitative estimate of drug-likeness (QED) is 0.629. The maximum absolute atomic E-state index is 14.2. The number of hydrogen-bond acceptors (Lipinski definition) is 3. The first-order valence-corrected chi connectivity index (χ1v) is 10.2. The summed E-state index contributed by atoms with van der Waals surface area (Å²) >= 11 is 0. The lowest BCUT2D eigenvalue weighted by Crippen LogP contribution is -2.51. The van der Waals surface area contributed by atoms with E-state index in [-0.39, 0.29) is 28.4 Å². The highest BCUT2D eigenvalue weighted by molar-refractivity contribution is 7.94. The average molecular weight is 414 g/mol. The van der Waals surface area contributed by atoms with Crippen molar-refractivity contribution in [3.8, 4) is 0 Å². The van der Waals surface area contributed by atoms with E-state index in [9.17, 15) is 22.0 Å². The number of carbonyl (C=O) groups is 1. The molecule has 0 radical (unpaired) electrons. The third-order valence-corrected chi connectivity index (χ3v) is 6.48. The number of urea groups is 1. The Labute approximate surface area is 166 Å². The standard InChI is InChI=1S/C21H16F2N2O3S/c1-14-6-2-3-7-18(14)25-21(26)24(13-15-12-16(22)10-11-17(15)23)19-8-4-5-9-20(19)29(25,27)28/h2-12H,13H2,1H3. The molecule has 3 aromatic rings. The van der Waals surface area contributed by atoms with Gasteiger partial charge < -0.3 is 0 Å². The Balaban J connectivity index is 1.91. The molecule has 4 rings (SSSR count). The molecule has 0 saturated heterocycles. The zero-order valence-electron chi connectivity index (χ0n) is 15.3. The predicted molar refractivity (Wildman–Crippen MR) is 105 cm³/mol. The average Bonchev–Trinajstić information content (AvgIpc) is 2.69. The van der Waals surface area contributed by atoms with E-state index in [4.69, 9.17) is 0 Å². The van der Waals surface area contributed by atoms with Crippen LogP contribution in [0, 0.1) is 18.6 Å². The zero-order valence-corrected chi connectivity index (χ0v) is 16.2. The van der Waals surface area contributed by atoms with Crippen molar-refractivity contribution in [2.75, 3.05) is 9.21 Å². The third-order valence-electron chi connectivity index (χ3n) is 4.75. The number of sulfonamides is 1. The molecule has 1 aliphatic rings. The van der Waals surface area contributed by atoms with Crippen LogP contribution < -0.4 is 9.21 Å². The molecular formula is C21H16F2N2O3S. The van der Waals surface area contributed by atoms with Crippen molar-refractivity contribution in [3.05, 3.63) is 89.5 Å². The number of rotatable bonds is 3. The summed E-state index contributed by atoms with van der Waals surface area (Å²) in [4.78, 5) is 14.4. The van der Waals surface area contributed by atoms with Crippen LogP contribution >= 0.6 is 0 Å². The van der Waals surface area contributed by atoms with E-state index in [2.05, 4.69) is 0 Å². The molecule has 0 saturated carbocycles. The van der Waals surface area contributed by atoms with Gasteiger partial charge in [0.2, 0.25) is 0 Å². The zero-order chi connectivity index (χ0) is 20.8. The molecule has 0 N–H and O–H groups in total. The van der Waals surface area contributed by atoms with E-state index in [0.29, 0.717) is 9.87 Å². The van der Waals surface area contributed by atoms with Crippen LogP contribution in [0.3, 0.4) is 0 Å². The first kappa shape index (κ1) is 19.1. The smallest absolute Gasteiger partial charge is 0.287 e. The Bertz CT molecular complexity index is 1230. The van der Waals surface area contributed by atoms with Gasteiger partial charge in [-0.1, -0.05) is 30.3 Å². The molecule has 148 valence electrons. The van der Waals surface area contributed by atoms with Gasteiger partial charge >= 0.3 is 6.03 Å². The lowest BCUT2D eigenvalue weighted by atomic mass is 10.1. The highest BCUT2D eigenvalue weighted by Crippen LogP contribution is 2.39. The molecule has 29 heavy (non-hydrogen) atoms. The topological polar surface area (TPSA) is 57.7 Å². The van der Waals surface area contributed by atoms with E-state index in [1.54, 1.807) is 37.3 Å². The highest BCUT2D eigenvalue weighted by atomic mass is 32.2. The van der Waals surface area contributed by atoms with Crippen LogP contribution in [-0.2, 0) is 16.6 Å². The predicted octanol–water partition coefficient (Wildman–Crippen LogP) is 4.61. The van der Waals surface area contributed by atoms with Gasteiger partial charge in [0.15, 0.2) is 0 Å². The van der Waals surface area contributed by atoms with Gasteiger partial charge in [0.1, 0.15) is 16.5 Å². The van der Waals surface area contributed by atoms with Crippen LogP contribution in [0.2, 0.25) is 0 Å². The van der Waals surface area contributed by atoms with E-state index in [0.717, 1.165) is 23.1 Å². The summed E-state index contributed by atoms with van der Waals surface area (Å²) in [6, 6.07) is 14.6. The second-order valence-electron chi connectivity index (χ2n) is 6.63. The van der Waals surface area contributed by atoms with Crippen LogP contribution in [0.4, 0.5) is 25.0 Å². The molecule has 0 bridgehead atoms. The number of para-hydroxylation sites is 2. The number of anilines is 2. The van der Waals surface area contributed by atoms with Crippen LogP contribution in [0.5, 0.6) is 0 Å². The number of nitrogens with zero attached hydrogens (tertiary/aromatic N) is 2. The number of amides is 2. The van der Waals surface area contributed by atoms with Gasteiger partial charge in [-0.2, -0.15) is 4.31 Å². The number of aryl methyl sites for hydroxylation is 1. The molecule has 0 atom stereocenters. The third kappa shape index (κ3) is 3.15. The molecule has 0 fully saturated rings. The van der Waals surface area contributed by atoms with Crippen molar-refractivity contribution in [1.29, 1.82) is 0 Å². The van der Waals surface area contributed by atoms with Gasteiger partial charge in [-0.3, -0.25) is 4.90 Å². The van der Waals surface area contributed by atoms with Gasteiger partial charge in [-0.25, -0.2) is 22.0 Å². The van der Waals surface area contributed by atoms with Gasteiger partial charge in [0.25, 0.3) is 10.0 Å². The van der Waals surface area contributed by atoms with Crippen molar-refractivity contribution in [2.24, 2.45) is 0 Å². The van der Waals surface area contributed by atoms with Gasteiger partial charge in [-0.05, 0) is 48.9 Å². The summed E-state index contributed by atoms with van der Waals surface area (Å²) in [7, 11) is -4.18. The highest BCUT2D eigenvalue weighted by Gasteiger charge is 2.43. The lowest BCUT2D eigenvalue weighted by molar-refractivity contribution is 0.253. The molecule has 1 aliphatic heterocycles. The number of halogens is 2. The van der Waals surface area contributed by atoms with Crippen molar-refractivity contribution in [1.82, 2.24) is 0 Å². The Morgan fingerprint density at radius 2 is 1.55 bits per heavy atom. The van der Waals surface area contributed by atoms with Crippen molar-refractivity contribution in [3.63, 3.8) is 0 Å². The van der Waals surface area contributed by atoms with Gasteiger partial charge in [0.05, 0.1) is 17.9 Å². The summed E-state index contributed by atoms with van der Waals surface area (Å²) in [5, 5.41) is 0. The largest absolute Gasteiger partial charge is 0.343 e. The van der Waals surface area contributed by atoms with Crippen LogP contribution in [-0.4, -0.2) is 14.4 Å². The minimum Gasteiger partial charge on any atom is -0.287 e. The molecule has 0 spiro atoms. The molecule has 0 aromatic heterocycles. The summed E-state index contributed by atoms with van der Waals surface area (Å²) in [5.74, 6) is -1.34. The first-order valence-electron chi connectivity index (χ1n) is 8.76. The van der Waals surface area contributed by atoms with E-state index >= 15 is 0 Å². The SMILES string of the molecule is Cc1ccccc1N1C(=O)N(Cc2cc(F)ccc2F)c2ccccc2S1(=O)=O. The fourth-order valence-corrected chi connectivity index (χ4v) is 4.98. The summed E-state index contributed by atoms with van der Waals surface area (Å²) in [6.45, 7) is 1.37. The number of carbonyl (C=O) groups excluding carboxylic acids is 1. The maximum atomic E-state index is 14.2. The fourth-order valence-electron chi connectivity index (χ4n) is 3.32. The van der Waals surface area contributed by atoms with Crippen LogP contribution in [0.15, 0.2) is 71.6 Å². The number of hydrogen-bond donors (Lipinski definition) is 0. The summed E-state index contributed by atoms with van der Waals surface area (Å²) < 4.78 is 55.0. The van der Waals surface area contributed by atoms with Crippen LogP contribution in [0.25, 0.3) is 0 Å². The molecule has 5 nitrogen and oxygen atoms in total. The Morgan fingerprint density at radius 1 is 0.897 bits per heavy atom. The van der Waals surface area contributed by atoms with Crippen LogP contribution in [0.1, 0.15) is 11.1 Å². The minimum absolute atomic E-state index is 0.0582. The van der Waals surface area contributed by atoms with Gasteiger partial charge in [-0.15, -0.1) is 0 Å². The first-order chi connectivity index (χ1) is 13.8. The normalized spacial score (nSPS) is 15.3. The van der Waals surface area contributed by atoms with E-state index < -0.39 is 27.7 Å². The van der Waals surface area contributed by atoms with Crippen molar-refractivity contribution >= 4 is 27.4 Å². The Kier molecular flexibility index (Phi) is 4.58. The summed E-state index contributed by atoms with van der Waals surface area (Å²) in [6.07, 6.45) is 0. The molecule has 0 aliphatic carbocycles. The van der Waals surface area contributed by atoms with Crippen molar-refractivity contribution < 1.29 is 22.0 Å².